The predicted octanol–water partition coefficient (Wildman–Crippen LogP) is 1.92. The van der Waals surface area contributed by atoms with Crippen molar-refractivity contribution >= 4 is 31.6 Å². The Kier molecular flexibility index (Phi) is 4.44. The molecule has 0 saturated heterocycles. The molecular formula is C13H19BrN2O3S. The van der Waals surface area contributed by atoms with Crippen LogP contribution in [0.1, 0.15) is 31.2 Å². The molecule has 0 amide bonds. The van der Waals surface area contributed by atoms with Gasteiger partial charge in [-0.25, -0.2) is 13.1 Å². The maximum atomic E-state index is 12.6. The first-order chi connectivity index (χ1) is 9.30. The largest absolute Gasteiger partial charge is 0.398 e. The Balaban J connectivity index is 2.41. The number of hydrogen-bond acceptors (Lipinski definition) is 4. The summed E-state index contributed by atoms with van der Waals surface area (Å²) in [5.41, 5.74) is 6.03. The number of nitrogen functional groups attached to an aromatic ring is 1. The molecule has 0 aromatic heterocycles. The predicted molar refractivity (Wildman–Crippen MR) is 81.9 cm³/mol. The second-order valence-electron chi connectivity index (χ2n) is 5.37. The first-order valence-corrected chi connectivity index (χ1v) is 8.78. The molecule has 0 aliphatic heterocycles. The van der Waals surface area contributed by atoms with Crippen LogP contribution in [0.5, 0.6) is 0 Å². The molecule has 0 radical (unpaired) electrons. The summed E-state index contributed by atoms with van der Waals surface area (Å²) in [6, 6.07) is 3.21. The van der Waals surface area contributed by atoms with E-state index in [0.717, 1.165) is 12.8 Å². The number of nitrogens with one attached hydrogen (secondary N) is 1. The monoisotopic (exact) mass is 362 g/mol. The van der Waals surface area contributed by atoms with Crippen molar-refractivity contribution in [3.8, 4) is 0 Å². The van der Waals surface area contributed by atoms with Crippen molar-refractivity contribution < 1.29 is 13.5 Å². The zero-order valence-corrected chi connectivity index (χ0v) is 13.7. The Morgan fingerprint density at radius 2 is 2.00 bits per heavy atom. The molecule has 4 N–H and O–H groups in total. The average molecular weight is 363 g/mol. The van der Waals surface area contributed by atoms with Gasteiger partial charge in [0.2, 0.25) is 10.0 Å². The smallest absolute Gasteiger partial charge is 0.241 e. The van der Waals surface area contributed by atoms with E-state index < -0.39 is 15.6 Å². The van der Waals surface area contributed by atoms with Gasteiger partial charge in [0.05, 0.1) is 17.0 Å². The highest BCUT2D eigenvalue weighted by Gasteiger charge is 2.38. The molecule has 0 heterocycles. The van der Waals surface area contributed by atoms with E-state index >= 15 is 0 Å². The first-order valence-electron chi connectivity index (χ1n) is 6.50. The number of aliphatic hydroxyl groups is 1. The van der Waals surface area contributed by atoms with Crippen LogP contribution in [0.15, 0.2) is 21.5 Å². The summed E-state index contributed by atoms with van der Waals surface area (Å²) in [6.45, 7) is 1.49. The Hall–Kier alpha value is -0.630. The normalized spacial score (nSPS) is 18.4. The van der Waals surface area contributed by atoms with Gasteiger partial charge >= 0.3 is 0 Å². The molecule has 112 valence electrons. The van der Waals surface area contributed by atoms with Crippen LogP contribution < -0.4 is 10.5 Å². The van der Waals surface area contributed by atoms with Gasteiger partial charge in [0.15, 0.2) is 0 Å². The number of sulfonamides is 1. The van der Waals surface area contributed by atoms with Crippen molar-refractivity contribution in [2.24, 2.45) is 0 Å². The van der Waals surface area contributed by atoms with E-state index in [-0.39, 0.29) is 11.5 Å². The van der Waals surface area contributed by atoms with Gasteiger partial charge in [-0.2, -0.15) is 0 Å². The molecular weight excluding hydrogens is 344 g/mol. The number of benzene rings is 1. The van der Waals surface area contributed by atoms with Crippen molar-refractivity contribution in [3.63, 3.8) is 0 Å². The van der Waals surface area contributed by atoms with E-state index in [9.17, 15) is 13.5 Å². The summed E-state index contributed by atoms with van der Waals surface area (Å²) in [6.07, 6.45) is 3.15. The van der Waals surface area contributed by atoms with Crippen LogP contribution in [0.2, 0.25) is 0 Å². The number of hydrogen-bond donors (Lipinski definition) is 3. The highest BCUT2D eigenvalue weighted by Crippen LogP contribution is 2.32. The van der Waals surface area contributed by atoms with Gasteiger partial charge in [-0.3, -0.25) is 0 Å². The van der Waals surface area contributed by atoms with Crippen molar-refractivity contribution in [2.75, 3.05) is 12.3 Å². The standard InChI is InChI=1S/C13H19BrN2O3S/c1-9-11(15)6-10(14)7-12(9)20(18,19)16-13(8-17)4-2-3-5-13/h6-7,16-17H,2-5,8,15H2,1H3. The molecule has 0 bridgehead atoms. The third-order valence-electron chi connectivity index (χ3n) is 3.87. The molecule has 1 fully saturated rings. The number of nitrogens with two attached hydrogens (primary N) is 1. The number of anilines is 1. The SMILES string of the molecule is Cc1c(N)cc(Br)cc1S(=O)(=O)NC1(CO)CCCC1. The van der Waals surface area contributed by atoms with Gasteiger partial charge in [-0.05, 0) is 37.5 Å². The molecule has 20 heavy (non-hydrogen) atoms. The summed E-state index contributed by atoms with van der Waals surface area (Å²) >= 11 is 3.26. The number of halogens is 1. The fourth-order valence-electron chi connectivity index (χ4n) is 2.64. The van der Waals surface area contributed by atoms with Crippen molar-refractivity contribution in [1.82, 2.24) is 4.72 Å². The number of rotatable bonds is 4. The van der Waals surface area contributed by atoms with E-state index in [1.165, 1.54) is 6.07 Å². The minimum absolute atomic E-state index is 0.157. The Bertz CT molecular complexity index is 610. The third kappa shape index (κ3) is 3.00. The Morgan fingerprint density at radius 3 is 2.55 bits per heavy atom. The van der Waals surface area contributed by atoms with Crippen LogP contribution in [0.25, 0.3) is 0 Å². The lowest BCUT2D eigenvalue weighted by molar-refractivity contribution is 0.185. The van der Waals surface area contributed by atoms with E-state index in [1.54, 1.807) is 13.0 Å². The van der Waals surface area contributed by atoms with Gasteiger partial charge in [0, 0.05) is 10.2 Å². The van der Waals surface area contributed by atoms with Gasteiger partial charge < -0.3 is 10.8 Å². The van der Waals surface area contributed by atoms with Crippen molar-refractivity contribution in [1.29, 1.82) is 0 Å². The fourth-order valence-corrected chi connectivity index (χ4v) is 5.02. The molecule has 1 aromatic carbocycles. The first kappa shape index (κ1) is 15.8. The molecule has 1 aliphatic rings. The van der Waals surface area contributed by atoms with Crippen molar-refractivity contribution in [3.05, 3.63) is 22.2 Å². The summed E-state index contributed by atoms with van der Waals surface area (Å²) in [4.78, 5) is 0.157. The molecule has 1 saturated carbocycles. The lowest BCUT2D eigenvalue weighted by Gasteiger charge is -2.28. The third-order valence-corrected chi connectivity index (χ3v) is 6.03. The summed E-state index contributed by atoms with van der Waals surface area (Å²) < 4.78 is 28.4. The molecule has 2 rings (SSSR count). The van der Waals surface area contributed by atoms with E-state index in [2.05, 4.69) is 20.7 Å². The lowest BCUT2D eigenvalue weighted by atomic mass is 10.0. The zero-order chi connectivity index (χ0) is 15.0. The summed E-state index contributed by atoms with van der Waals surface area (Å²) in [7, 11) is -3.71. The maximum absolute atomic E-state index is 12.6. The Morgan fingerprint density at radius 1 is 1.40 bits per heavy atom. The summed E-state index contributed by atoms with van der Waals surface area (Å²) in [5.74, 6) is 0. The minimum atomic E-state index is -3.71. The summed E-state index contributed by atoms with van der Waals surface area (Å²) in [5, 5.41) is 9.54. The second kappa shape index (κ2) is 5.63. The van der Waals surface area contributed by atoms with E-state index in [0.29, 0.717) is 28.6 Å². The van der Waals surface area contributed by atoms with E-state index in [4.69, 9.17) is 5.73 Å². The van der Waals surface area contributed by atoms with Gasteiger partial charge in [0.25, 0.3) is 0 Å². The highest BCUT2D eigenvalue weighted by molar-refractivity contribution is 9.10. The molecule has 0 spiro atoms. The van der Waals surface area contributed by atoms with Gasteiger partial charge in [0.1, 0.15) is 0 Å². The van der Waals surface area contributed by atoms with Crippen LogP contribution >= 0.6 is 15.9 Å². The topological polar surface area (TPSA) is 92.4 Å². The van der Waals surface area contributed by atoms with Crippen LogP contribution in [-0.2, 0) is 10.0 Å². The zero-order valence-electron chi connectivity index (χ0n) is 11.3. The molecule has 5 nitrogen and oxygen atoms in total. The molecule has 7 heteroatoms. The van der Waals surface area contributed by atoms with Crippen LogP contribution in [0.3, 0.4) is 0 Å². The van der Waals surface area contributed by atoms with Crippen LogP contribution in [0, 0.1) is 6.92 Å². The van der Waals surface area contributed by atoms with Crippen LogP contribution in [0.4, 0.5) is 5.69 Å². The maximum Gasteiger partial charge on any atom is 0.241 e. The Labute approximate surface area is 127 Å². The minimum Gasteiger partial charge on any atom is -0.398 e. The van der Waals surface area contributed by atoms with Crippen molar-refractivity contribution in [2.45, 2.75) is 43.0 Å². The molecule has 1 aliphatic carbocycles. The molecule has 0 unspecified atom stereocenters. The quantitative estimate of drug-likeness (QED) is 0.713. The molecule has 1 aromatic rings. The highest BCUT2D eigenvalue weighted by atomic mass is 79.9. The van der Waals surface area contributed by atoms with Gasteiger partial charge in [-0.15, -0.1) is 0 Å². The van der Waals surface area contributed by atoms with Crippen LogP contribution in [-0.4, -0.2) is 25.7 Å². The fraction of sp³-hybridized carbons (Fsp3) is 0.538. The number of aliphatic hydroxyl groups excluding tert-OH is 1. The van der Waals surface area contributed by atoms with Gasteiger partial charge in [-0.1, -0.05) is 28.8 Å². The second-order valence-corrected chi connectivity index (χ2v) is 7.94. The van der Waals surface area contributed by atoms with E-state index in [1.807, 2.05) is 0 Å². The average Bonchev–Trinajstić information content (AvgIpc) is 2.82. The molecule has 0 atom stereocenters. The lowest BCUT2D eigenvalue weighted by Crippen LogP contribution is -2.49.